The first kappa shape index (κ1) is 10.9. The molecule has 6 heteroatoms. The molecule has 3 rings (SSSR count). The third-order valence-electron chi connectivity index (χ3n) is 3.93. The quantitative estimate of drug-likeness (QED) is 0.828. The van der Waals surface area contributed by atoms with Crippen molar-refractivity contribution in [2.75, 3.05) is 11.5 Å². The Balaban J connectivity index is 2.02. The fourth-order valence-corrected chi connectivity index (χ4v) is 4.26. The Morgan fingerprint density at radius 2 is 2.56 bits per heavy atom. The van der Waals surface area contributed by atoms with Crippen molar-refractivity contribution in [1.82, 2.24) is 9.55 Å². The zero-order valence-electron chi connectivity index (χ0n) is 11.4. The molecular formula is C12H17N3O2S. The number of anilines is 1. The van der Waals surface area contributed by atoms with E-state index in [0.29, 0.717) is 0 Å². The van der Waals surface area contributed by atoms with Gasteiger partial charge in [-0.2, -0.15) is 16.7 Å². The minimum absolute atomic E-state index is 0.202. The van der Waals surface area contributed by atoms with E-state index < -0.39 is 5.60 Å². The van der Waals surface area contributed by atoms with Crippen molar-refractivity contribution >= 4 is 17.6 Å². The van der Waals surface area contributed by atoms with Crippen LogP contribution in [0.2, 0.25) is 0 Å². The summed E-state index contributed by atoms with van der Waals surface area (Å²) in [5, 5.41) is 0.202. The zero-order chi connectivity index (χ0) is 13.8. The molecule has 2 aliphatic heterocycles. The van der Waals surface area contributed by atoms with E-state index in [4.69, 9.17) is 11.8 Å². The van der Waals surface area contributed by atoms with Crippen LogP contribution in [0.4, 0.5) is 5.82 Å². The van der Waals surface area contributed by atoms with Gasteiger partial charge in [0.15, 0.2) is 6.23 Å². The lowest BCUT2D eigenvalue weighted by atomic mass is 9.93. The molecule has 1 aromatic rings. The molecule has 2 N–H and O–H groups in total. The minimum Gasteiger partial charge on any atom is -0.383 e. The van der Waals surface area contributed by atoms with Gasteiger partial charge in [0.25, 0.3) is 0 Å². The third-order valence-corrected chi connectivity index (χ3v) is 5.61. The summed E-state index contributed by atoms with van der Waals surface area (Å²) in [6, 6.07) is 0. The molecule has 0 spiro atoms. The van der Waals surface area contributed by atoms with Crippen molar-refractivity contribution in [2.24, 2.45) is 5.92 Å². The van der Waals surface area contributed by atoms with Gasteiger partial charge in [0.05, 0.1) is 10.9 Å². The van der Waals surface area contributed by atoms with Gasteiger partial charge in [-0.15, -0.1) is 0 Å². The van der Waals surface area contributed by atoms with Crippen LogP contribution >= 0.6 is 11.8 Å². The fraction of sp³-hybridized carbons (Fsp3) is 0.667. The Morgan fingerprint density at radius 3 is 3.22 bits per heavy atom. The molecule has 3 heterocycles. The van der Waals surface area contributed by atoms with E-state index >= 15 is 0 Å². The van der Waals surface area contributed by atoms with Gasteiger partial charge in [-0.05, 0) is 13.8 Å². The zero-order valence-corrected chi connectivity index (χ0v) is 11.2. The largest absolute Gasteiger partial charge is 0.383 e. The number of fused-ring (bicyclic) bond motifs is 2. The van der Waals surface area contributed by atoms with E-state index in [9.17, 15) is 4.79 Å². The van der Waals surface area contributed by atoms with Gasteiger partial charge in [0.1, 0.15) is 5.82 Å². The number of nitrogens with zero attached hydrogens (tertiary/aromatic N) is 2. The highest BCUT2D eigenvalue weighted by Gasteiger charge is 2.56. The molecule has 2 bridgehead atoms. The van der Waals surface area contributed by atoms with E-state index in [1.807, 2.05) is 6.92 Å². The van der Waals surface area contributed by atoms with E-state index in [-0.39, 0.29) is 35.8 Å². The number of thioether (sulfide) groups is 1. The Kier molecular flexibility index (Phi) is 2.26. The molecule has 0 saturated carbocycles. The Morgan fingerprint density at radius 1 is 1.78 bits per heavy atom. The number of aromatic nitrogens is 2. The van der Waals surface area contributed by atoms with Crippen LogP contribution in [0.15, 0.2) is 11.0 Å². The number of nitrogen functional groups attached to an aromatic ring is 1. The summed E-state index contributed by atoms with van der Waals surface area (Å²) in [6.07, 6.45) is 1.37. The van der Waals surface area contributed by atoms with Gasteiger partial charge >= 0.3 is 5.69 Å². The molecule has 0 unspecified atom stereocenters. The second-order valence-corrected chi connectivity index (χ2v) is 6.30. The molecule has 2 fully saturated rings. The molecule has 98 valence electrons. The first-order chi connectivity index (χ1) is 8.98. The van der Waals surface area contributed by atoms with Crippen molar-refractivity contribution in [3.8, 4) is 0 Å². The van der Waals surface area contributed by atoms with Crippen LogP contribution in [0, 0.1) is 12.8 Å². The molecule has 2 aliphatic rings. The van der Waals surface area contributed by atoms with E-state index in [0.717, 1.165) is 11.3 Å². The van der Waals surface area contributed by atoms with Gasteiger partial charge < -0.3 is 10.5 Å². The highest BCUT2D eigenvalue weighted by atomic mass is 32.2. The maximum Gasteiger partial charge on any atom is 0.351 e. The summed E-state index contributed by atoms with van der Waals surface area (Å²) in [5.41, 5.74) is 5.61. The molecule has 2 saturated heterocycles. The summed E-state index contributed by atoms with van der Waals surface area (Å²) >= 11 is 1.78. The summed E-state index contributed by atoms with van der Waals surface area (Å²) in [6.45, 7) is 4.15. The van der Waals surface area contributed by atoms with Gasteiger partial charge in [0.2, 0.25) is 0 Å². The Bertz CT molecular complexity index is 579. The van der Waals surface area contributed by atoms with Crippen LogP contribution in [-0.2, 0) is 4.74 Å². The maximum absolute atomic E-state index is 12.0. The summed E-state index contributed by atoms with van der Waals surface area (Å²) in [5.74, 6) is 1.36. The van der Waals surface area contributed by atoms with Crippen molar-refractivity contribution < 1.29 is 6.11 Å². The van der Waals surface area contributed by atoms with Crippen molar-refractivity contribution in [1.29, 1.82) is 0 Å². The molecular weight excluding hydrogens is 250 g/mol. The molecule has 0 aliphatic carbocycles. The summed E-state index contributed by atoms with van der Waals surface area (Å²) < 4.78 is 15.3. The lowest BCUT2D eigenvalue weighted by molar-refractivity contribution is -0.0611. The van der Waals surface area contributed by atoms with Crippen molar-refractivity contribution in [3.05, 3.63) is 22.2 Å². The molecule has 5 nitrogen and oxygen atoms in total. The highest BCUT2D eigenvalue weighted by Crippen LogP contribution is 2.54. The number of hydrogen-bond donors (Lipinski definition) is 1. The molecule has 1 aromatic heterocycles. The van der Waals surface area contributed by atoms with Crippen LogP contribution < -0.4 is 11.4 Å². The Hall–Kier alpha value is -1.01. The predicted octanol–water partition coefficient (Wildman–Crippen LogP) is 1.17. The summed E-state index contributed by atoms with van der Waals surface area (Å²) in [7, 11) is 0. The average molecular weight is 268 g/mol. The first-order valence-corrected chi connectivity index (χ1v) is 6.97. The van der Waals surface area contributed by atoms with Gasteiger partial charge in [-0.3, -0.25) is 4.57 Å². The standard InChI is InChI=1S/C12H17N3O2S/c1-6-4-15(11(16)14-9(6)13)10-8-7(2)12(3,17-10)5-18-8/h4,7-8,10H,5H2,1-3H3,(H2,13,14,16)/t7-,8+,10+,12-/m0/s1/i3D. The topological polar surface area (TPSA) is 70.1 Å². The average Bonchev–Trinajstić information content (AvgIpc) is 2.85. The number of hydrogen-bond acceptors (Lipinski definition) is 5. The van der Waals surface area contributed by atoms with Crippen LogP contribution in [0.1, 0.15) is 27.0 Å². The number of rotatable bonds is 1. The van der Waals surface area contributed by atoms with Gasteiger partial charge in [-0.1, -0.05) is 6.92 Å². The number of nitrogens with two attached hydrogens (primary N) is 1. The second kappa shape index (κ2) is 3.74. The maximum atomic E-state index is 12.0. The van der Waals surface area contributed by atoms with Gasteiger partial charge in [0, 0.05) is 24.8 Å². The van der Waals surface area contributed by atoms with Crippen LogP contribution in [0.5, 0.6) is 0 Å². The third kappa shape index (κ3) is 1.52. The van der Waals surface area contributed by atoms with Crippen LogP contribution in [-0.4, -0.2) is 26.2 Å². The van der Waals surface area contributed by atoms with E-state index in [1.165, 1.54) is 4.57 Å². The normalized spacial score (nSPS) is 39.0. The van der Waals surface area contributed by atoms with Crippen LogP contribution in [0.25, 0.3) is 0 Å². The van der Waals surface area contributed by atoms with Crippen molar-refractivity contribution in [2.45, 2.75) is 37.8 Å². The second-order valence-electron chi connectivity index (χ2n) is 5.14. The van der Waals surface area contributed by atoms with E-state index in [2.05, 4.69) is 11.9 Å². The highest BCUT2D eigenvalue weighted by molar-refractivity contribution is 8.00. The van der Waals surface area contributed by atoms with Crippen LogP contribution in [0.3, 0.4) is 0 Å². The smallest absolute Gasteiger partial charge is 0.351 e. The Labute approximate surface area is 111 Å². The van der Waals surface area contributed by atoms with Crippen molar-refractivity contribution in [3.63, 3.8) is 0 Å². The summed E-state index contributed by atoms with van der Waals surface area (Å²) in [4.78, 5) is 15.8. The lowest BCUT2D eigenvalue weighted by Gasteiger charge is -2.28. The van der Waals surface area contributed by atoms with Gasteiger partial charge in [-0.25, -0.2) is 4.79 Å². The minimum atomic E-state index is -0.422. The molecule has 0 radical (unpaired) electrons. The van der Waals surface area contributed by atoms with E-state index in [1.54, 1.807) is 18.0 Å². The predicted molar refractivity (Wildman–Crippen MR) is 71.6 cm³/mol. The fourth-order valence-electron chi connectivity index (χ4n) is 2.57. The molecule has 0 aromatic carbocycles. The molecule has 18 heavy (non-hydrogen) atoms. The lowest BCUT2D eigenvalue weighted by Crippen LogP contribution is -2.35. The monoisotopic (exact) mass is 268 g/mol. The molecule has 0 amide bonds. The number of ether oxygens (including phenoxy) is 1. The first-order valence-electron chi connectivity index (χ1n) is 6.63. The SMILES string of the molecule is [2H]C[C@@]12CS[C@@H]([C@H](n3cc(C)c(N)nc3=O)O1)[C@@H]2C. The molecule has 4 atom stereocenters. The number of aryl methyl sites for hydroxylation is 1.